The van der Waals surface area contributed by atoms with E-state index in [1.54, 1.807) is 50.2 Å². The van der Waals surface area contributed by atoms with E-state index in [0.717, 1.165) is 24.2 Å². The number of nitrogens with one attached hydrogen (secondary N) is 2. The van der Waals surface area contributed by atoms with E-state index in [-0.39, 0.29) is 17.4 Å². The Morgan fingerprint density at radius 3 is 2.09 bits per heavy atom. The molecule has 0 saturated carbocycles. The molecule has 176 valence electrons. The highest BCUT2D eigenvalue weighted by molar-refractivity contribution is 7.93. The minimum Gasteiger partial charge on any atom is -0.395 e. The molecule has 3 aromatic carbocycles. The zero-order valence-electron chi connectivity index (χ0n) is 19.4. The number of fused-ring (bicyclic) bond motifs is 1. The summed E-state index contributed by atoms with van der Waals surface area (Å²) < 4.78 is 29.1. The number of aliphatic hydroxyl groups excluding tert-OH is 1. The molecule has 3 aromatic rings. The number of carbonyl (C=O) groups is 1. The van der Waals surface area contributed by atoms with Crippen molar-refractivity contribution in [3.8, 4) is 0 Å². The fourth-order valence-electron chi connectivity index (χ4n) is 3.54. The summed E-state index contributed by atoms with van der Waals surface area (Å²) in [6.45, 7) is 8.79. The summed E-state index contributed by atoms with van der Waals surface area (Å²) in [6.07, 6.45) is 0. The highest BCUT2D eigenvalue weighted by Gasteiger charge is 2.26. The zero-order valence-corrected chi connectivity index (χ0v) is 20.2. The monoisotopic (exact) mass is 469 g/mol. The molecule has 1 amide bonds. The van der Waals surface area contributed by atoms with Gasteiger partial charge in [0.05, 0.1) is 16.9 Å². The fraction of sp³-hybridized carbons (Fsp3) is 0.320. The number of anilines is 3. The van der Waals surface area contributed by atoms with Crippen LogP contribution in [0.3, 0.4) is 0 Å². The molecule has 0 fully saturated rings. The number of nitrogens with zero attached hydrogens (tertiary/aromatic N) is 1. The molecule has 3 N–H and O–H groups in total. The maximum Gasteiger partial charge on any atom is 0.262 e. The number of amides is 1. The molecule has 8 heteroatoms. The van der Waals surface area contributed by atoms with Crippen molar-refractivity contribution in [2.75, 3.05) is 34.6 Å². The van der Waals surface area contributed by atoms with Crippen molar-refractivity contribution in [3.63, 3.8) is 0 Å². The lowest BCUT2D eigenvalue weighted by Crippen LogP contribution is -2.33. The van der Waals surface area contributed by atoms with Crippen molar-refractivity contribution in [1.82, 2.24) is 0 Å². The Labute approximate surface area is 195 Å². The number of hydrogen-bond donors (Lipinski definition) is 3. The van der Waals surface area contributed by atoms with Crippen LogP contribution in [0.5, 0.6) is 0 Å². The third-order valence-corrected chi connectivity index (χ3v) is 7.10. The highest BCUT2D eigenvalue weighted by atomic mass is 32.2. The summed E-state index contributed by atoms with van der Waals surface area (Å²) in [7, 11) is -3.85. The Kier molecular flexibility index (Phi) is 7.29. The molecule has 3 rings (SSSR count). The molecule has 0 spiro atoms. The van der Waals surface area contributed by atoms with Crippen LogP contribution in [0.4, 0.5) is 17.1 Å². The predicted octanol–water partition coefficient (Wildman–Crippen LogP) is 4.44. The van der Waals surface area contributed by atoms with E-state index in [2.05, 4.69) is 28.8 Å². The normalized spacial score (nSPS) is 11.9. The largest absolute Gasteiger partial charge is 0.395 e. The van der Waals surface area contributed by atoms with Gasteiger partial charge in [-0.15, -0.1) is 0 Å². The maximum absolute atomic E-state index is 13.2. The first-order valence-corrected chi connectivity index (χ1v) is 12.4. The van der Waals surface area contributed by atoms with E-state index in [1.807, 2.05) is 24.3 Å². The molecule has 0 radical (unpaired) electrons. The molecule has 0 unspecified atom stereocenters. The molecule has 0 aromatic heterocycles. The lowest BCUT2D eigenvalue weighted by atomic mass is 9.93. The van der Waals surface area contributed by atoms with Crippen LogP contribution in [0.25, 0.3) is 10.8 Å². The Balaban J connectivity index is 1.88. The lowest BCUT2D eigenvalue weighted by molar-refractivity contribution is -0.125. The Hall–Kier alpha value is -3.10. The van der Waals surface area contributed by atoms with Gasteiger partial charge in [0.2, 0.25) is 5.91 Å². The van der Waals surface area contributed by atoms with Crippen LogP contribution in [0.15, 0.2) is 65.6 Å². The topological polar surface area (TPSA) is 98.7 Å². The fourth-order valence-corrected chi connectivity index (χ4v) is 4.82. The second kappa shape index (κ2) is 9.80. The number of sulfonamides is 1. The minimum absolute atomic E-state index is 0.205. The summed E-state index contributed by atoms with van der Waals surface area (Å²) in [4.78, 5) is 14.6. The van der Waals surface area contributed by atoms with E-state index in [4.69, 9.17) is 0 Å². The molecule has 0 aliphatic heterocycles. The van der Waals surface area contributed by atoms with Crippen molar-refractivity contribution in [2.45, 2.75) is 32.6 Å². The molecule has 7 nitrogen and oxygen atoms in total. The summed E-state index contributed by atoms with van der Waals surface area (Å²) in [6, 6.07) is 17.4. The standard InChI is InChI=1S/C25H31N3O4S/c1-5-28(6-2)22-11-7-10-21-20(22)9-8-12-23(21)33(31,32)27-19-15-13-18(14-16-19)26-24(30)25(3,4)17-29/h7-16,27,29H,5-6,17H2,1-4H3,(H,26,30). The Morgan fingerprint density at radius 1 is 0.909 bits per heavy atom. The van der Waals surface area contributed by atoms with Gasteiger partial charge >= 0.3 is 0 Å². The van der Waals surface area contributed by atoms with Gasteiger partial charge in [-0.3, -0.25) is 9.52 Å². The molecule has 0 heterocycles. The van der Waals surface area contributed by atoms with Gasteiger partial charge in [0.25, 0.3) is 10.0 Å². The van der Waals surface area contributed by atoms with Crippen LogP contribution in [0.2, 0.25) is 0 Å². The number of rotatable bonds is 9. The first-order chi connectivity index (χ1) is 15.6. The number of carbonyl (C=O) groups excluding carboxylic acids is 1. The van der Waals surface area contributed by atoms with Gasteiger partial charge in [-0.05, 0) is 64.1 Å². The summed E-state index contributed by atoms with van der Waals surface area (Å²) in [5.41, 5.74) is 0.976. The molecule has 0 bridgehead atoms. The van der Waals surface area contributed by atoms with Crippen LogP contribution in [-0.2, 0) is 14.8 Å². The van der Waals surface area contributed by atoms with Crippen LogP contribution < -0.4 is 14.9 Å². The van der Waals surface area contributed by atoms with Crippen molar-refractivity contribution in [1.29, 1.82) is 0 Å². The van der Waals surface area contributed by atoms with Gasteiger partial charge in [-0.2, -0.15) is 0 Å². The molecule has 0 aliphatic rings. The van der Waals surface area contributed by atoms with Crippen molar-refractivity contribution >= 4 is 43.8 Å². The maximum atomic E-state index is 13.2. The van der Waals surface area contributed by atoms with Gasteiger partial charge in [-0.25, -0.2) is 8.42 Å². The second-order valence-corrected chi connectivity index (χ2v) is 10.1. The van der Waals surface area contributed by atoms with Crippen LogP contribution in [0.1, 0.15) is 27.7 Å². The minimum atomic E-state index is -3.85. The number of hydrogen-bond acceptors (Lipinski definition) is 5. The van der Waals surface area contributed by atoms with Gasteiger partial charge < -0.3 is 15.3 Å². The average Bonchev–Trinajstić information content (AvgIpc) is 2.80. The van der Waals surface area contributed by atoms with Gasteiger partial charge in [-0.1, -0.05) is 24.3 Å². The van der Waals surface area contributed by atoms with Gasteiger partial charge in [0.15, 0.2) is 0 Å². The van der Waals surface area contributed by atoms with E-state index in [1.165, 1.54) is 0 Å². The lowest BCUT2D eigenvalue weighted by Gasteiger charge is -2.23. The SMILES string of the molecule is CCN(CC)c1cccc2c(S(=O)(=O)Nc3ccc(NC(=O)C(C)(C)CO)cc3)cccc12. The Bertz CT molecular complexity index is 1230. The highest BCUT2D eigenvalue weighted by Crippen LogP contribution is 2.32. The Morgan fingerprint density at radius 2 is 1.48 bits per heavy atom. The smallest absolute Gasteiger partial charge is 0.262 e. The van der Waals surface area contributed by atoms with E-state index in [0.29, 0.717) is 16.8 Å². The van der Waals surface area contributed by atoms with Crippen molar-refractivity contribution in [2.24, 2.45) is 5.41 Å². The average molecular weight is 470 g/mol. The molecule has 33 heavy (non-hydrogen) atoms. The van der Waals surface area contributed by atoms with Crippen molar-refractivity contribution < 1.29 is 18.3 Å². The third kappa shape index (κ3) is 5.29. The van der Waals surface area contributed by atoms with Crippen LogP contribution >= 0.6 is 0 Å². The summed E-state index contributed by atoms with van der Waals surface area (Å²) in [5.74, 6) is -0.321. The van der Waals surface area contributed by atoms with E-state index < -0.39 is 15.4 Å². The van der Waals surface area contributed by atoms with Crippen molar-refractivity contribution in [3.05, 3.63) is 60.7 Å². The summed E-state index contributed by atoms with van der Waals surface area (Å²) in [5, 5.41) is 13.6. The molecular formula is C25H31N3O4S. The van der Waals surface area contributed by atoms with E-state index >= 15 is 0 Å². The third-order valence-electron chi connectivity index (χ3n) is 5.66. The molecule has 0 aliphatic carbocycles. The van der Waals surface area contributed by atoms with Gasteiger partial charge in [0, 0.05) is 40.9 Å². The number of benzene rings is 3. The molecular weight excluding hydrogens is 438 g/mol. The second-order valence-electron chi connectivity index (χ2n) is 8.48. The van der Waals surface area contributed by atoms with E-state index in [9.17, 15) is 18.3 Å². The zero-order chi connectivity index (χ0) is 24.2. The molecule has 0 saturated heterocycles. The number of aliphatic hydroxyl groups is 1. The first-order valence-electron chi connectivity index (χ1n) is 10.9. The quantitative estimate of drug-likeness (QED) is 0.430. The molecule has 0 atom stereocenters. The van der Waals surface area contributed by atoms with Crippen LogP contribution in [-0.4, -0.2) is 39.1 Å². The van der Waals surface area contributed by atoms with Crippen LogP contribution in [0, 0.1) is 5.41 Å². The predicted molar refractivity (Wildman–Crippen MR) is 134 cm³/mol. The van der Waals surface area contributed by atoms with Gasteiger partial charge in [0.1, 0.15) is 0 Å². The first kappa shape index (κ1) is 24.5. The summed E-state index contributed by atoms with van der Waals surface area (Å²) >= 11 is 0.